The quantitative estimate of drug-likeness (QED) is 0.160. The zero-order valence-electron chi connectivity index (χ0n) is 25.6. The lowest BCUT2D eigenvalue weighted by Crippen LogP contribution is -2.53. The average molecular weight is 680 g/mol. The van der Waals surface area contributed by atoms with E-state index in [9.17, 15) is 28.1 Å². The summed E-state index contributed by atoms with van der Waals surface area (Å²) in [6.07, 6.45) is 0.898. The maximum atomic E-state index is 14.3. The van der Waals surface area contributed by atoms with Crippen LogP contribution in [0.15, 0.2) is 65.6 Å². The smallest absolute Gasteiger partial charge is 0.273 e. The Morgan fingerprint density at radius 3 is 2.22 bits per heavy atom. The van der Waals surface area contributed by atoms with Crippen LogP contribution in [0.4, 0.5) is 11.4 Å². The number of nitrogens with zero attached hydrogens (tertiary/aromatic N) is 3. The molecule has 0 heterocycles. The van der Waals surface area contributed by atoms with Crippen molar-refractivity contribution in [1.82, 2.24) is 10.2 Å². The minimum Gasteiger partial charge on any atom is -0.495 e. The Labute approximate surface area is 273 Å². The van der Waals surface area contributed by atoms with Crippen LogP contribution in [-0.2, 0) is 26.2 Å². The normalized spacial score (nSPS) is 12.6. The Morgan fingerprint density at radius 1 is 1.00 bits per heavy atom. The third-order valence-electron chi connectivity index (χ3n) is 7.31. The molecule has 3 aromatic rings. The van der Waals surface area contributed by atoms with E-state index in [1.165, 1.54) is 49.3 Å². The van der Waals surface area contributed by atoms with Gasteiger partial charge in [-0.15, -0.1) is 0 Å². The number of methoxy groups -OCH3 is 1. The van der Waals surface area contributed by atoms with Crippen molar-refractivity contribution in [2.45, 2.75) is 64.1 Å². The number of nitrogens with one attached hydrogen (secondary N) is 1. The summed E-state index contributed by atoms with van der Waals surface area (Å²) in [6, 6.07) is 13.4. The van der Waals surface area contributed by atoms with Crippen LogP contribution in [-0.4, -0.2) is 55.8 Å². The molecular weight excluding hydrogens is 643 g/mol. The molecule has 0 saturated heterocycles. The summed E-state index contributed by atoms with van der Waals surface area (Å²) >= 11 is 12.3. The number of carbonyl (C=O) groups is 2. The van der Waals surface area contributed by atoms with Gasteiger partial charge >= 0.3 is 0 Å². The molecule has 0 aliphatic heterocycles. The minimum absolute atomic E-state index is 0.0288. The number of hydrogen-bond acceptors (Lipinski definition) is 7. The first-order valence-corrected chi connectivity index (χ1v) is 16.4. The van der Waals surface area contributed by atoms with E-state index >= 15 is 0 Å². The number of rotatable bonds is 14. The molecule has 2 amide bonds. The van der Waals surface area contributed by atoms with Gasteiger partial charge in [0.2, 0.25) is 11.8 Å². The van der Waals surface area contributed by atoms with Crippen LogP contribution in [0.1, 0.15) is 44.7 Å². The molecule has 1 N–H and O–H groups in total. The molecule has 0 aliphatic carbocycles. The third-order valence-corrected chi connectivity index (χ3v) is 9.55. The van der Waals surface area contributed by atoms with Crippen LogP contribution in [0.5, 0.6) is 5.75 Å². The molecular formula is C31H36Cl2N4O7S. The molecule has 2 atom stereocenters. The number of nitro groups is 1. The van der Waals surface area contributed by atoms with Crippen LogP contribution in [0.25, 0.3) is 0 Å². The lowest BCUT2D eigenvalue weighted by atomic mass is 10.1. The van der Waals surface area contributed by atoms with E-state index in [-0.39, 0.29) is 41.0 Å². The van der Waals surface area contributed by atoms with Crippen molar-refractivity contribution in [1.29, 1.82) is 0 Å². The SMILES string of the molecule is CC[C@H](C)NC(=O)[C@H](CC)N(Cc1ccc(Cl)cc1)C(=O)CN(c1cc(Cl)ccc1OC)S(=O)(=O)c1ccc(C)c([N+](=O)[O-])c1. The highest BCUT2D eigenvalue weighted by Crippen LogP contribution is 2.36. The van der Waals surface area contributed by atoms with Crippen LogP contribution in [0.2, 0.25) is 10.0 Å². The van der Waals surface area contributed by atoms with Gasteiger partial charge in [-0.2, -0.15) is 0 Å². The van der Waals surface area contributed by atoms with Gasteiger partial charge in [-0.05, 0) is 68.7 Å². The van der Waals surface area contributed by atoms with E-state index in [1.54, 1.807) is 31.2 Å². The van der Waals surface area contributed by atoms with E-state index < -0.39 is 49.9 Å². The molecule has 11 nitrogen and oxygen atoms in total. The monoisotopic (exact) mass is 678 g/mol. The number of aryl methyl sites for hydroxylation is 1. The molecule has 0 aliphatic rings. The summed E-state index contributed by atoms with van der Waals surface area (Å²) in [4.78, 5) is 39.6. The fourth-order valence-corrected chi connectivity index (χ4v) is 6.32. The lowest BCUT2D eigenvalue weighted by Gasteiger charge is -2.34. The number of nitro benzene ring substituents is 1. The zero-order chi connectivity index (χ0) is 33.5. The van der Waals surface area contributed by atoms with Crippen LogP contribution in [0.3, 0.4) is 0 Å². The summed E-state index contributed by atoms with van der Waals surface area (Å²) < 4.78 is 34.7. The molecule has 3 rings (SSSR count). The van der Waals surface area contributed by atoms with Gasteiger partial charge in [0.25, 0.3) is 15.7 Å². The van der Waals surface area contributed by atoms with Gasteiger partial charge in [-0.1, -0.05) is 55.2 Å². The Balaban J connectivity index is 2.18. The Morgan fingerprint density at radius 2 is 1.64 bits per heavy atom. The number of amides is 2. The highest BCUT2D eigenvalue weighted by Gasteiger charge is 2.36. The second kappa shape index (κ2) is 15.4. The predicted octanol–water partition coefficient (Wildman–Crippen LogP) is 6.14. The summed E-state index contributed by atoms with van der Waals surface area (Å²) in [6.45, 7) is 6.19. The first-order chi connectivity index (χ1) is 21.2. The number of benzene rings is 3. The van der Waals surface area contributed by atoms with Crippen LogP contribution in [0, 0.1) is 17.0 Å². The molecule has 0 aromatic heterocycles. The number of carbonyl (C=O) groups excluding carboxylic acids is 2. The largest absolute Gasteiger partial charge is 0.495 e. The van der Waals surface area contributed by atoms with Crippen molar-refractivity contribution in [2.24, 2.45) is 0 Å². The third kappa shape index (κ3) is 8.65. The molecule has 0 radical (unpaired) electrons. The fraction of sp³-hybridized carbons (Fsp3) is 0.355. The lowest BCUT2D eigenvalue weighted by molar-refractivity contribution is -0.385. The Kier molecular flexibility index (Phi) is 12.2. The van der Waals surface area contributed by atoms with Crippen molar-refractivity contribution >= 4 is 56.4 Å². The summed E-state index contributed by atoms with van der Waals surface area (Å²) in [5.41, 5.74) is 0.447. The number of ether oxygens (including phenoxy) is 1. The number of halogens is 2. The van der Waals surface area contributed by atoms with E-state index in [2.05, 4.69) is 5.32 Å². The maximum Gasteiger partial charge on any atom is 0.273 e. The van der Waals surface area contributed by atoms with Gasteiger partial charge in [0.1, 0.15) is 18.3 Å². The van der Waals surface area contributed by atoms with Gasteiger partial charge in [-0.25, -0.2) is 8.42 Å². The van der Waals surface area contributed by atoms with Gasteiger partial charge in [-0.3, -0.25) is 24.0 Å². The fourth-order valence-electron chi connectivity index (χ4n) is 4.59. The summed E-state index contributed by atoms with van der Waals surface area (Å²) in [7, 11) is -3.31. The first kappa shape index (κ1) is 35.6. The van der Waals surface area contributed by atoms with Gasteiger partial charge < -0.3 is 15.0 Å². The molecule has 0 fully saturated rings. The van der Waals surface area contributed by atoms with E-state index in [1.807, 2.05) is 13.8 Å². The Bertz CT molecular complexity index is 1650. The summed E-state index contributed by atoms with van der Waals surface area (Å²) in [5.74, 6) is -1.01. The van der Waals surface area contributed by atoms with E-state index in [4.69, 9.17) is 27.9 Å². The van der Waals surface area contributed by atoms with Crippen molar-refractivity contribution in [3.63, 3.8) is 0 Å². The number of hydrogen-bond donors (Lipinski definition) is 1. The van der Waals surface area contributed by atoms with Crippen molar-refractivity contribution < 1.29 is 27.7 Å². The van der Waals surface area contributed by atoms with Gasteiger partial charge in [0.05, 0.1) is 22.6 Å². The van der Waals surface area contributed by atoms with Crippen LogP contribution < -0.4 is 14.4 Å². The molecule has 0 unspecified atom stereocenters. The summed E-state index contributed by atoms with van der Waals surface area (Å²) in [5, 5.41) is 15.2. The molecule has 242 valence electrons. The molecule has 0 spiro atoms. The number of anilines is 1. The standard InChI is InChI=1S/C31H36Cl2N4O7S/c1-6-21(4)34-31(39)26(7-2)35(18-22-9-11-23(32)12-10-22)30(38)19-36(28-16-24(33)13-15-29(28)44-5)45(42,43)25-14-8-20(3)27(17-25)37(40)41/h8-17,21,26H,6-7,18-19H2,1-5H3,(H,34,39)/t21-,26-/m0/s1. The van der Waals surface area contributed by atoms with E-state index in [0.717, 1.165) is 10.4 Å². The topological polar surface area (TPSA) is 139 Å². The zero-order valence-corrected chi connectivity index (χ0v) is 27.9. The van der Waals surface area contributed by atoms with Crippen molar-refractivity contribution in [2.75, 3.05) is 18.0 Å². The van der Waals surface area contributed by atoms with E-state index in [0.29, 0.717) is 17.0 Å². The average Bonchev–Trinajstić information content (AvgIpc) is 3.00. The van der Waals surface area contributed by atoms with Crippen molar-refractivity contribution in [3.05, 3.63) is 92.0 Å². The van der Waals surface area contributed by atoms with Crippen LogP contribution >= 0.6 is 23.2 Å². The molecule has 3 aromatic carbocycles. The Hall–Kier alpha value is -3.87. The molecule has 0 saturated carbocycles. The minimum atomic E-state index is -4.63. The predicted molar refractivity (Wildman–Crippen MR) is 174 cm³/mol. The van der Waals surface area contributed by atoms with Crippen molar-refractivity contribution in [3.8, 4) is 5.75 Å². The second-order valence-corrected chi connectivity index (χ2v) is 13.2. The second-order valence-electron chi connectivity index (χ2n) is 10.4. The first-order valence-electron chi connectivity index (χ1n) is 14.2. The molecule has 45 heavy (non-hydrogen) atoms. The number of sulfonamides is 1. The molecule has 14 heteroatoms. The highest BCUT2D eigenvalue weighted by molar-refractivity contribution is 7.92. The molecule has 0 bridgehead atoms. The highest BCUT2D eigenvalue weighted by atomic mass is 35.5. The van der Waals surface area contributed by atoms with Gasteiger partial charge in [0, 0.05) is 34.3 Å². The maximum absolute atomic E-state index is 14.3. The van der Waals surface area contributed by atoms with Gasteiger partial charge in [0.15, 0.2) is 0 Å².